The molecule has 2 aromatic carbocycles. The van der Waals surface area contributed by atoms with Crippen molar-refractivity contribution in [3.63, 3.8) is 0 Å². The number of hydrogen-bond acceptors (Lipinski definition) is 30. The zero-order valence-electron chi connectivity index (χ0n) is 81.1. The highest BCUT2D eigenvalue weighted by Crippen LogP contribution is 2.28. The van der Waals surface area contributed by atoms with E-state index in [1.54, 1.807) is 38.7 Å². The maximum atomic E-state index is 15.7. The average molecular weight is 2110 g/mol. The molecule has 3 aliphatic rings. The van der Waals surface area contributed by atoms with Gasteiger partial charge in [-0.1, -0.05) is 53.5 Å². The van der Waals surface area contributed by atoms with Crippen LogP contribution in [0.25, 0.3) is 21.9 Å². The monoisotopic (exact) mass is 2110 g/mol. The Morgan fingerprint density at radius 2 is 1.05 bits per heavy atom. The molecule has 7 heterocycles. The van der Waals surface area contributed by atoms with Crippen LogP contribution in [0.4, 0.5) is 8.78 Å². The minimum absolute atomic E-state index is 0.0278. The summed E-state index contributed by atoms with van der Waals surface area (Å²) in [7, 11) is 1.23. The zero-order valence-corrected chi connectivity index (χ0v) is 82.8. The van der Waals surface area contributed by atoms with E-state index in [1.807, 2.05) is 0 Å². The summed E-state index contributed by atoms with van der Waals surface area (Å²) in [6.07, 6.45) is -0.0286. The Bertz CT molecular complexity index is 5710. The van der Waals surface area contributed by atoms with Crippen molar-refractivity contribution in [1.82, 2.24) is 119 Å². The number of imidazole rings is 1. The van der Waals surface area contributed by atoms with E-state index >= 15 is 33.6 Å². The summed E-state index contributed by atoms with van der Waals surface area (Å²) in [6, 6.07) is -12.8. The van der Waals surface area contributed by atoms with Crippen LogP contribution in [0.15, 0.2) is 85.7 Å². The predicted molar refractivity (Wildman–Crippen MR) is 524 cm³/mol. The van der Waals surface area contributed by atoms with Crippen molar-refractivity contribution in [2.75, 3.05) is 103 Å². The number of primary amides is 3. The average Bonchev–Trinajstić information content (AvgIpc) is 1.46. The Morgan fingerprint density at radius 1 is 0.520 bits per heavy atom. The molecule has 14 atom stereocenters. The molecule has 0 saturated carbocycles. The van der Waals surface area contributed by atoms with Crippen molar-refractivity contribution in [3.8, 4) is 0 Å². The normalized spacial score (nSPS) is 20.5. The van der Waals surface area contributed by atoms with E-state index in [4.69, 9.17) is 17.2 Å². The number of nitrogens with two attached hydrogens (primary N) is 3. The highest BCUT2D eigenvalue weighted by Gasteiger charge is 2.45. The molecule has 3 saturated heterocycles. The van der Waals surface area contributed by atoms with Gasteiger partial charge in [-0.05, 0) is 98.2 Å². The molecule has 0 bridgehead atoms. The first-order valence-electron chi connectivity index (χ1n) is 47.5. The highest BCUT2D eigenvalue weighted by molar-refractivity contribution is 8.76. The van der Waals surface area contributed by atoms with Gasteiger partial charge in [-0.25, -0.2) is 18.7 Å². The SMILES string of the molecule is CCCC[C@H](NC(=O)[C@@H](NC(=O)[C@H](Cc1c[nH]c2ccc(F)cc12)NC(C)=O)[C@@H](C)O)C(=O)N[C@H]1CSSC[C@@H](C(=O)N[C@@H](Cc2c[nH]c3ncccc23)C(=O)N2CC[C@H]2C(=O)NC(CCCCNC(=O)CN2CCN(CC(=O)O)CCN(CC(=O)O)CCN(CC(=O)O)CC2)C(N)=O)NC(=O)[C@H](CC(=O)O)NC(=O)[C@H](Cc2cnc[nH]2)NC(=O)[C@H](Cc2ccc(F)cc2)NC(=O)[C@H](CC(N)=O)NC(=O)[C@H](CC(N)=O)NC1=O. The smallest absolute Gasteiger partial charge is 0.317 e. The number of amides is 17. The van der Waals surface area contributed by atoms with Gasteiger partial charge < -0.3 is 132 Å². The molecule has 0 aliphatic carbocycles. The molecule has 1 unspecified atom stereocenters. The van der Waals surface area contributed by atoms with Gasteiger partial charge in [0.1, 0.15) is 95.8 Å². The third kappa shape index (κ3) is 37.2. The number of unbranched alkanes of at least 4 members (excludes halogenated alkanes) is 2. The van der Waals surface area contributed by atoms with Crippen LogP contribution in [0.3, 0.4) is 0 Å². The van der Waals surface area contributed by atoms with Gasteiger partial charge >= 0.3 is 23.9 Å². The topological polar surface area (TPSA) is 783 Å². The molecular weight excluding hydrogens is 1990 g/mol. The molecule has 56 heteroatoms. The third-order valence-electron chi connectivity index (χ3n) is 24.4. The van der Waals surface area contributed by atoms with Gasteiger partial charge in [0.2, 0.25) is 100 Å². The van der Waals surface area contributed by atoms with E-state index in [0.717, 1.165) is 30.9 Å². The Hall–Kier alpha value is -14.9. The molecular formula is C92H124F2N26O26S2. The number of H-pyrrole nitrogens is 3. The van der Waals surface area contributed by atoms with Crippen molar-refractivity contribution >= 4 is 168 Å². The van der Waals surface area contributed by atoms with Crippen LogP contribution in [0.5, 0.6) is 0 Å². The van der Waals surface area contributed by atoms with Crippen molar-refractivity contribution in [2.24, 2.45) is 17.2 Å². The lowest BCUT2D eigenvalue weighted by atomic mass is 9.97. The van der Waals surface area contributed by atoms with Crippen molar-refractivity contribution in [3.05, 3.63) is 120 Å². The number of hydrogen-bond donors (Lipinski definition) is 24. The quantitative estimate of drug-likeness (QED) is 0.0125. The molecule has 4 aromatic heterocycles. The van der Waals surface area contributed by atoms with Crippen LogP contribution < -0.4 is 86.3 Å². The number of carboxylic acids is 4. The van der Waals surface area contributed by atoms with Gasteiger partial charge in [-0.2, -0.15) is 0 Å². The maximum absolute atomic E-state index is 15.7. The Kier molecular flexibility index (Phi) is 45.2. The number of carbonyl (C=O) groups is 21. The fourth-order valence-electron chi connectivity index (χ4n) is 16.5. The molecule has 0 spiro atoms. The zero-order chi connectivity index (χ0) is 108. The third-order valence-corrected chi connectivity index (χ3v) is 26.8. The molecule has 0 radical (unpaired) electrons. The van der Waals surface area contributed by atoms with Crippen LogP contribution in [-0.2, 0) is 126 Å². The molecule has 3 aliphatic heterocycles. The van der Waals surface area contributed by atoms with Gasteiger partial charge in [0.15, 0.2) is 0 Å². The molecule has 148 heavy (non-hydrogen) atoms. The van der Waals surface area contributed by atoms with Crippen molar-refractivity contribution in [1.29, 1.82) is 0 Å². The van der Waals surface area contributed by atoms with E-state index in [2.05, 4.69) is 94.0 Å². The van der Waals surface area contributed by atoms with Crippen LogP contribution in [0.2, 0.25) is 0 Å². The Labute approximate surface area is 852 Å². The maximum Gasteiger partial charge on any atom is 0.317 e. The number of carbonyl (C=O) groups excluding carboxylic acids is 17. The summed E-state index contributed by atoms with van der Waals surface area (Å²) < 4.78 is 29.1. The number of nitrogens with one attached hydrogen (secondary N) is 16. The van der Waals surface area contributed by atoms with Crippen LogP contribution in [0, 0.1) is 11.6 Å². The van der Waals surface area contributed by atoms with E-state index < -0.39 is 284 Å². The predicted octanol–water partition coefficient (Wildman–Crippen LogP) is -6.81. The number of aliphatic carboxylic acids is 4. The van der Waals surface area contributed by atoms with Crippen LogP contribution in [-0.4, -0.2) is 387 Å². The second kappa shape index (κ2) is 57.3. The largest absolute Gasteiger partial charge is 0.481 e. The van der Waals surface area contributed by atoms with E-state index in [-0.39, 0.29) is 135 Å². The summed E-state index contributed by atoms with van der Waals surface area (Å²) in [6.45, 7) is 3.52. The minimum atomic E-state index is -2.24. The number of rotatable bonds is 44. The number of aromatic amines is 3. The van der Waals surface area contributed by atoms with E-state index in [0.29, 0.717) is 61.1 Å². The first kappa shape index (κ1) is 117. The summed E-state index contributed by atoms with van der Waals surface area (Å²) in [4.78, 5) is 318. The number of likely N-dealkylation sites (tertiary alicyclic amines) is 1. The standard InChI is InChI=1S/C92H124F2N26O26S2/c1-4-5-10-60(106-91(145)78(48(2)121)115-87(141)62(104-49(3)122)31-52-38-101-58-17-16-54(94)33-57(52)58)81(135)113-68-45-147-148-46-69(114-86(140)66(37-74(126)127)111-83(137)63(34-55-40-98-47-103-55)108-82(136)61(30-50-12-14-53(93)15-13-50)107-84(138)64(35-71(95)123)109-85(139)65(36-72(96)124)110-88(68)142)89(143)112-67(32-51-39-102-80-56(51)9-8-20-100-80)92(146)120-21-18-70(120)90(144)105-59(79(97)134)11-6-7-19-99-73(125)41-116-22-24-117(42-75(128)129)26-28-119(44-77(132)133)29-27-118(25-23-116)43-76(130)131/h8-9,12-17,20,33,38-40,47-48,59-70,78,101,121H,4-7,10-11,18-19,21-32,34-37,41-46H2,1-3H3,(H2,95,123)(H2,96,124)(H2,97,134)(H,98,103)(H,99,125)(H,100,102)(H,104,122)(H,105,144)(H,106,145)(H,107,138)(H,108,136)(H,109,139)(H,110,142)(H,111,137)(H,112,143)(H,113,135)(H,114,140)(H,115,141)(H,126,127)(H,128,129)(H,130,131)(H,132,133)/t48-,59?,60+,61+,62+,63+,64+,65+,66+,67+,68+,69+,70+,78+/m1/s1. The lowest BCUT2D eigenvalue weighted by Gasteiger charge is -2.42. The number of halogens is 2. The second-order valence-electron chi connectivity index (χ2n) is 35.8. The molecule has 9 rings (SSSR count). The molecule has 804 valence electrons. The second-order valence-corrected chi connectivity index (χ2v) is 38.4. The number of fused-ring (bicyclic) bond motifs is 2. The molecule has 17 amide bonds. The first-order valence-corrected chi connectivity index (χ1v) is 50.0. The Morgan fingerprint density at radius 3 is 1.59 bits per heavy atom. The summed E-state index contributed by atoms with van der Waals surface area (Å²) >= 11 is 0. The lowest BCUT2D eigenvalue weighted by molar-refractivity contribution is -0.150. The first-order chi connectivity index (χ1) is 70.4. The highest BCUT2D eigenvalue weighted by atomic mass is 33.1. The van der Waals surface area contributed by atoms with Crippen LogP contribution >= 0.6 is 21.6 Å². The lowest BCUT2D eigenvalue weighted by Crippen LogP contribution is -2.65. The molecule has 6 aromatic rings. The number of nitrogens with zero attached hydrogens (tertiary/aromatic N) is 7. The number of aromatic nitrogens is 5. The van der Waals surface area contributed by atoms with Gasteiger partial charge in [0.05, 0.1) is 57.9 Å². The molecule has 52 nitrogen and oxygen atoms in total. The fraction of sp³-hybridized carbons (Fsp3) is 0.511. The van der Waals surface area contributed by atoms with Gasteiger partial charge in [0.25, 0.3) is 0 Å². The Balaban J connectivity index is 1.02. The fourth-order valence-corrected chi connectivity index (χ4v) is 18.8. The van der Waals surface area contributed by atoms with Gasteiger partial charge in [-0.3, -0.25) is 120 Å². The summed E-state index contributed by atoms with van der Waals surface area (Å²) in [5.74, 6) is -27.6. The van der Waals surface area contributed by atoms with Crippen molar-refractivity contribution < 1.29 is 135 Å². The number of pyridine rings is 1. The summed E-state index contributed by atoms with van der Waals surface area (Å²) in [5, 5.41) is 83.4. The van der Waals surface area contributed by atoms with Gasteiger partial charge in [-0.15, -0.1) is 0 Å². The molecule has 3 fully saturated rings. The molecule has 27 N–H and O–H groups in total. The van der Waals surface area contributed by atoms with Crippen LogP contribution in [0.1, 0.15) is 107 Å². The van der Waals surface area contributed by atoms with Gasteiger partial charge in [0, 0.05) is 156 Å². The van der Waals surface area contributed by atoms with E-state index in [9.17, 15) is 101 Å². The number of benzene rings is 2. The minimum Gasteiger partial charge on any atom is -0.481 e. The number of carboxylic acid groups (broad SMARTS) is 4. The number of aliphatic hydroxyl groups is 1. The van der Waals surface area contributed by atoms with Crippen molar-refractivity contribution in [2.45, 2.75) is 195 Å². The van der Waals surface area contributed by atoms with E-state index in [1.165, 1.54) is 61.4 Å². The summed E-state index contributed by atoms with van der Waals surface area (Å²) in [5.41, 5.74) is 18.9. The number of aliphatic hydroxyl groups excluding tert-OH is 1.